The van der Waals surface area contributed by atoms with Gasteiger partial charge in [-0.2, -0.15) is 0 Å². The van der Waals surface area contributed by atoms with E-state index in [0.717, 1.165) is 11.3 Å². The Hall–Kier alpha value is -4.20. The van der Waals surface area contributed by atoms with Crippen molar-refractivity contribution in [1.82, 2.24) is 4.98 Å². The Morgan fingerprint density at radius 3 is 2.48 bits per heavy atom. The Bertz CT molecular complexity index is 1170. The number of carbonyl (C=O) groups excluding carboxylic acids is 2. The molecule has 1 aliphatic rings. The van der Waals surface area contributed by atoms with Crippen LogP contribution in [0.25, 0.3) is 0 Å². The van der Waals surface area contributed by atoms with Crippen LogP contribution in [0, 0.1) is 0 Å². The number of aliphatic imine (C=N–C) groups is 1. The summed E-state index contributed by atoms with van der Waals surface area (Å²) in [6.45, 7) is 2.29. The molecule has 1 N–H and O–H groups in total. The molecule has 2 aromatic carbocycles. The molecule has 2 heterocycles. The zero-order valence-electron chi connectivity index (χ0n) is 18.4. The standard InChI is InChI=1S/C25H24N4O4/c1-3-33-20-12-8-18(9-13-20)27-23(30)16-29-24(31)15-22(17-6-10-19(32-2)11-7-17)28-21-5-4-14-26-25(21)29/h4-14H,3,15-16H2,1-2H3,(H,27,30). The Morgan fingerprint density at radius 1 is 1.06 bits per heavy atom. The number of fused-ring (bicyclic) bond motifs is 1. The van der Waals surface area contributed by atoms with E-state index in [4.69, 9.17) is 9.47 Å². The Labute approximate surface area is 191 Å². The van der Waals surface area contributed by atoms with Crippen molar-refractivity contribution in [3.05, 3.63) is 72.4 Å². The highest BCUT2D eigenvalue weighted by Crippen LogP contribution is 2.31. The van der Waals surface area contributed by atoms with E-state index >= 15 is 0 Å². The minimum absolute atomic E-state index is 0.0407. The van der Waals surface area contributed by atoms with E-state index in [1.165, 1.54) is 4.90 Å². The summed E-state index contributed by atoms with van der Waals surface area (Å²) in [7, 11) is 1.60. The Balaban J connectivity index is 1.54. The van der Waals surface area contributed by atoms with Gasteiger partial charge in [-0.05, 0) is 73.2 Å². The van der Waals surface area contributed by atoms with Crippen molar-refractivity contribution in [1.29, 1.82) is 0 Å². The van der Waals surface area contributed by atoms with E-state index in [0.29, 0.717) is 35.3 Å². The second-order valence-corrected chi connectivity index (χ2v) is 7.30. The van der Waals surface area contributed by atoms with Gasteiger partial charge in [-0.1, -0.05) is 0 Å². The fourth-order valence-corrected chi connectivity index (χ4v) is 3.48. The Kier molecular flexibility index (Phi) is 6.64. The molecule has 0 radical (unpaired) electrons. The van der Waals surface area contributed by atoms with Crippen LogP contribution in [-0.4, -0.2) is 42.8 Å². The van der Waals surface area contributed by atoms with Crippen LogP contribution in [0.15, 0.2) is 71.9 Å². The molecule has 1 aromatic heterocycles. The number of hydrogen-bond donors (Lipinski definition) is 1. The molecule has 0 spiro atoms. The van der Waals surface area contributed by atoms with Crippen molar-refractivity contribution in [2.75, 3.05) is 30.5 Å². The molecule has 8 heteroatoms. The number of methoxy groups -OCH3 is 1. The number of nitrogens with zero attached hydrogens (tertiary/aromatic N) is 3. The third-order valence-electron chi connectivity index (χ3n) is 5.07. The number of rotatable bonds is 7. The Morgan fingerprint density at radius 2 is 1.79 bits per heavy atom. The molecule has 0 saturated carbocycles. The number of carbonyl (C=O) groups is 2. The zero-order chi connectivity index (χ0) is 23.2. The van der Waals surface area contributed by atoms with Gasteiger partial charge < -0.3 is 14.8 Å². The summed E-state index contributed by atoms with van der Waals surface area (Å²) in [5, 5.41) is 2.82. The molecule has 2 amide bonds. The zero-order valence-corrected chi connectivity index (χ0v) is 18.4. The predicted octanol–water partition coefficient (Wildman–Crippen LogP) is 3.99. The number of pyridine rings is 1. The summed E-state index contributed by atoms with van der Waals surface area (Å²) < 4.78 is 10.6. The molecule has 8 nitrogen and oxygen atoms in total. The summed E-state index contributed by atoms with van der Waals surface area (Å²) >= 11 is 0. The van der Waals surface area contributed by atoms with E-state index in [1.807, 2.05) is 31.2 Å². The lowest BCUT2D eigenvalue weighted by molar-refractivity contribution is -0.120. The first kappa shape index (κ1) is 22.0. The number of benzene rings is 2. The topological polar surface area (TPSA) is 93.1 Å². The summed E-state index contributed by atoms with van der Waals surface area (Å²) in [6, 6.07) is 18.0. The van der Waals surface area contributed by atoms with Crippen molar-refractivity contribution in [3.63, 3.8) is 0 Å². The molecule has 0 saturated heterocycles. The van der Waals surface area contributed by atoms with Gasteiger partial charge in [0.05, 0.1) is 25.8 Å². The van der Waals surface area contributed by atoms with Crippen LogP contribution in [0.1, 0.15) is 18.9 Å². The maximum atomic E-state index is 13.2. The maximum absolute atomic E-state index is 13.2. The van der Waals surface area contributed by atoms with Gasteiger partial charge in [-0.15, -0.1) is 0 Å². The second-order valence-electron chi connectivity index (χ2n) is 7.30. The van der Waals surface area contributed by atoms with Crippen LogP contribution in [-0.2, 0) is 9.59 Å². The first-order valence-corrected chi connectivity index (χ1v) is 10.6. The lowest BCUT2D eigenvalue weighted by Gasteiger charge is -2.20. The van der Waals surface area contributed by atoms with Gasteiger partial charge in [0.1, 0.15) is 23.7 Å². The smallest absolute Gasteiger partial charge is 0.244 e. The molecule has 0 bridgehead atoms. The highest BCUT2D eigenvalue weighted by molar-refractivity contribution is 6.18. The summed E-state index contributed by atoms with van der Waals surface area (Å²) in [5.74, 6) is 1.20. The number of hydrogen-bond acceptors (Lipinski definition) is 6. The van der Waals surface area contributed by atoms with Crippen LogP contribution in [0.4, 0.5) is 17.2 Å². The summed E-state index contributed by atoms with van der Waals surface area (Å²) in [5.41, 5.74) is 2.55. The third-order valence-corrected chi connectivity index (χ3v) is 5.07. The second kappa shape index (κ2) is 9.95. The van der Waals surface area contributed by atoms with Crippen molar-refractivity contribution in [2.45, 2.75) is 13.3 Å². The van der Waals surface area contributed by atoms with Crippen LogP contribution < -0.4 is 19.7 Å². The predicted molar refractivity (Wildman–Crippen MR) is 127 cm³/mol. The largest absolute Gasteiger partial charge is 0.497 e. The average molecular weight is 444 g/mol. The quantitative estimate of drug-likeness (QED) is 0.595. The third kappa shape index (κ3) is 5.17. The van der Waals surface area contributed by atoms with Gasteiger partial charge in [0.15, 0.2) is 5.82 Å². The molecule has 0 atom stereocenters. The van der Waals surface area contributed by atoms with Crippen molar-refractivity contribution < 1.29 is 19.1 Å². The first-order valence-electron chi connectivity index (χ1n) is 10.6. The lowest BCUT2D eigenvalue weighted by atomic mass is 10.1. The maximum Gasteiger partial charge on any atom is 0.244 e. The molecule has 0 aliphatic carbocycles. The molecular formula is C25H24N4O4. The fourth-order valence-electron chi connectivity index (χ4n) is 3.48. The van der Waals surface area contributed by atoms with Gasteiger partial charge in [-0.3, -0.25) is 14.5 Å². The van der Waals surface area contributed by atoms with Gasteiger partial charge in [0.2, 0.25) is 11.8 Å². The number of amides is 2. The molecule has 0 fully saturated rings. The van der Waals surface area contributed by atoms with Crippen LogP contribution in [0.3, 0.4) is 0 Å². The monoisotopic (exact) mass is 444 g/mol. The normalized spacial score (nSPS) is 13.0. The van der Waals surface area contributed by atoms with Crippen LogP contribution in [0.5, 0.6) is 11.5 Å². The average Bonchev–Trinajstić information content (AvgIpc) is 2.97. The molecule has 1 aliphatic heterocycles. The highest BCUT2D eigenvalue weighted by Gasteiger charge is 2.27. The lowest BCUT2D eigenvalue weighted by Crippen LogP contribution is -2.38. The van der Waals surface area contributed by atoms with Crippen molar-refractivity contribution in [3.8, 4) is 11.5 Å². The van der Waals surface area contributed by atoms with E-state index in [1.54, 1.807) is 49.7 Å². The molecule has 4 rings (SSSR count). The van der Waals surface area contributed by atoms with Crippen molar-refractivity contribution in [2.24, 2.45) is 4.99 Å². The van der Waals surface area contributed by atoms with Gasteiger partial charge in [-0.25, -0.2) is 9.98 Å². The molecule has 168 valence electrons. The molecule has 33 heavy (non-hydrogen) atoms. The van der Waals surface area contributed by atoms with E-state index in [2.05, 4.69) is 15.3 Å². The molecular weight excluding hydrogens is 420 g/mol. The molecule has 3 aromatic rings. The summed E-state index contributed by atoms with van der Waals surface area (Å²) in [4.78, 5) is 36.3. The van der Waals surface area contributed by atoms with Crippen LogP contribution >= 0.6 is 0 Å². The summed E-state index contributed by atoms with van der Waals surface area (Å²) in [6.07, 6.45) is 1.62. The van der Waals surface area contributed by atoms with Gasteiger partial charge in [0.25, 0.3) is 0 Å². The van der Waals surface area contributed by atoms with Gasteiger partial charge >= 0.3 is 0 Å². The van der Waals surface area contributed by atoms with E-state index < -0.39 is 0 Å². The molecule has 0 unspecified atom stereocenters. The van der Waals surface area contributed by atoms with E-state index in [-0.39, 0.29) is 24.8 Å². The number of aromatic nitrogens is 1. The van der Waals surface area contributed by atoms with Gasteiger partial charge in [0, 0.05) is 11.9 Å². The first-order chi connectivity index (χ1) is 16.1. The number of anilines is 2. The minimum atomic E-state index is -0.336. The highest BCUT2D eigenvalue weighted by atomic mass is 16.5. The minimum Gasteiger partial charge on any atom is -0.497 e. The van der Waals surface area contributed by atoms with Crippen LogP contribution in [0.2, 0.25) is 0 Å². The number of nitrogens with one attached hydrogen (secondary N) is 1. The van der Waals surface area contributed by atoms with E-state index in [9.17, 15) is 9.59 Å². The SMILES string of the molecule is CCOc1ccc(NC(=O)CN2C(=O)CC(c3ccc(OC)cc3)=Nc3cccnc32)cc1. The van der Waals surface area contributed by atoms with Crippen molar-refractivity contribution >= 4 is 34.7 Å². The number of ether oxygens (including phenoxy) is 2. The fraction of sp³-hybridized carbons (Fsp3) is 0.200.